The second-order valence-electron chi connectivity index (χ2n) is 8.05. The van der Waals surface area contributed by atoms with Crippen molar-refractivity contribution >= 4 is 29.1 Å². The molecular weight excluding hydrogens is 403 g/mol. The molecule has 28 heavy (non-hydrogen) atoms. The molecule has 2 unspecified atom stereocenters. The molecule has 0 N–H and O–H groups in total. The number of benzene rings is 1. The van der Waals surface area contributed by atoms with Gasteiger partial charge in [-0.15, -0.1) is 5.06 Å². The van der Waals surface area contributed by atoms with E-state index in [4.69, 9.17) is 37.5 Å². The minimum atomic E-state index is -0.689. The van der Waals surface area contributed by atoms with Gasteiger partial charge in [0.2, 0.25) is 0 Å². The first-order valence-corrected chi connectivity index (χ1v) is 10.6. The second kappa shape index (κ2) is 7.65. The van der Waals surface area contributed by atoms with E-state index in [9.17, 15) is 4.79 Å². The van der Waals surface area contributed by atoms with Crippen LogP contribution in [0.3, 0.4) is 0 Å². The third-order valence-corrected chi connectivity index (χ3v) is 6.51. The van der Waals surface area contributed by atoms with Gasteiger partial charge in [-0.1, -0.05) is 23.2 Å². The molecule has 0 bridgehead atoms. The Bertz CT molecular complexity index is 765. The number of amides is 1. The summed E-state index contributed by atoms with van der Waals surface area (Å²) in [5.41, 5.74) is 1.08. The van der Waals surface area contributed by atoms with Crippen LogP contribution in [0, 0.1) is 5.92 Å². The normalized spacial score (nSPS) is 27.7. The average Bonchev–Trinajstić information content (AvgIpc) is 3.21. The van der Waals surface area contributed by atoms with Crippen molar-refractivity contribution in [2.45, 2.75) is 51.5 Å². The number of carbonyl (C=O) groups excluding carboxylic acids is 1. The lowest BCUT2D eigenvalue weighted by molar-refractivity contribution is -0.161. The number of halogens is 2. The lowest BCUT2D eigenvalue weighted by atomic mass is 9.85. The zero-order valence-corrected chi connectivity index (χ0v) is 17.9. The number of hydrogen-bond donors (Lipinski definition) is 0. The van der Waals surface area contributed by atoms with Crippen LogP contribution in [-0.2, 0) is 14.3 Å². The SMILES string of the molecule is CCN1Oc2cc(Cl)c(Cl)cc2C1C1CCN(C(=O)C2COC(C)(C)O2)CC1. The van der Waals surface area contributed by atoms with E-state index in [1.807, 2.05) is 29.9 Å². The first-order chi connectivity index (χ1) is 13.3. The number of rotatable bonds is 3. The maximum atomic E-state index is 12.8. The maximum absolute atomic E-state index is 12.8. The van der Waals surface area contributed by atoms with Crippen LogP contribution < -0.4 is 4.84 Å². The lowest BCUT2D eigenvalue weighted by Crippen LogP contribution is -2.46. The summed E-state index contributed by atoms with van der Waals surface area (Å²) in [6.45, 7) is 8.22. The van der Waals surface area contributed by atoms with E-state index in [0.29, 0.717) is 35.7 Å². The van der Waals surface area contributed by atoms with Gasteiger partial charge >= 0.3 is 0 Å². The van der Waals surface area contributed by atoms with Gasteiger partial charge in [-0.25, -0.2) is 0 Å². The Morgan fingerprint density at radius 2 is 1.89 bits per heavy atom. The van der Waals surface area contributed by atoms with Crippen LogP contribution in [0.25, 0.3) is 0 Å². The zero-order valence-electron chi connectivity index (χ0n) is 16.4. The van der Waals surface area contributed by atoms with E-state index in [0.717, 1.165) is 30.7 Å². The number of carbonyl (C=O) groups is 1. The van der Waals surface area contributed by atoms with Crippen LogP contribution in [0.15, 0.2) is 12.1 Å². The molecule has 0 aliphatic carbocycles. The Morgan fingerprint density at radius 3 is 2.50 bits per heavy atom. The van der Waals surface area contributed by atoms with Crippen LogP contribution in [0.2, 0.25) is 10.0 Å². The van der Waals surface area contributed by atoms with Crippen molar-refractivity contribution in [3.05, 3.63) is 27.7 Å². The summed E-state index contributed by atoms with van der Waals surface area (Å²) < 4.78 is 11.3. The molecule has 0 radical (unpaired) electrons. The molecule has 6 nitrogen and oxygen atoms in total. The topological polar surface area (TPSA) is 51.2 Å². The van der Waals surface area contributed by atoms with Gasteiger partial charge in [0.1, 0.15) is 0 Å². The van der Waals surface area contributed by atoms with Crippen molar-refractivity contribution in [3.8, 4) is 5.75 Å². The van der Waals surface area contributed by atoms with Gasteiger partial charge in [0.05, 0.1) is 22.7 Å². The van der Waals surface area contributed by atoms with Gasteiger partial charge in [0.15, 0.2) is 17.6 Å². The molecule has 154 valence electrons. The number of hydroxylamine groups is 2. The highest BCUT2D eigenvalue weighted by Crippen LogP contribution is 2.47. The monoisotopic (exact) mass is 428 g/mol. The Morgan fingerprint density at radius 1 is 1.21 bits per heavy atom. The molecule has 2 saturated heterocycles. The molecule has 2 atom stereocenters. The lowest BCUT2D eigenvalue weighted by Gasteiger charge is -2.37. The quantitative estimate of drug-likeness (QED) is 0.726. The van der Waals surface area contributed by atoms with Crippen molar-refractivity contribution in [2.24, 2.45) is 5.92 Å². The maximum Gasteiger partial charge on any atom is 0.254 e. The Hall–Kier alpha value is -1.05. The Kier molecular flexibility index (Phi) is 5.53. The molecular formula is C20H26Cl2N2O4. The van der Waals surface area contributed by atoms with E-state index in [1.165, 1.54) is 0 Å². The van der Waals surface area contributed by atoms with Gasteiger partial charge in [0.25, 0.3) is 5.91 Å². The minimum absolute atomic E-state index is 0.0225. The van der Waals surface area contributed by atoms with Crippen LogP contribution in [0.5, 0.6) is 5.75 Å². The summed E-state index contributed by atoms with van der Waals surface area (Å²) in [7, 11) is 0. The fraction of sp³-hybridized carbons (Fsp3) is 0.650. The van der Waals surface area contributed by atoms with Crippen molar-refractivity contribution in [3.63, 3.8) is 0 Å². The average molecular weight is 429 g/mol. The van der Waals surface area contributed by atoms with Crippen LogP contribution in [0.1, 0.15) is 45.2 Å². The fourth-order valence-corrected chi connectivity index (χ4v) is 4.72. The van der Waals surface area contributed by atoms with Gasteiger partial charge in [-0.05, 0) is 45.6 Å². The highest BCUT2D eigenvalue weighted by molar-refractivity contribution is 6.42. The summed E-state index contributed by atoms with van der Waals surface area (Å²) >= 11 is 12.4. The number of ether oxygens (including phenoxy) is 2. The molecule has 8 heteroatoms. The van der Waals surface area contributed by atoms with Crippen molar-refractivity contribution < 1.29 is 19.1 Å². The van der Waals surface area contributed by atoms with Crippen LogP contribution >= 0.6 is 23.2 Å². The first kappa shape index (κ1) is 20.2. The zero-order chi connectivity index (χ0) is 20.1. The summed E-state index contributed by atoms with van der Waals surface area (Å²) in [4.78, 5) is 20.7. The van der Waals surface area contributed by atoms with Crippen LogP contribution in [-0.4, -0.2) is 54.0 Å². The highest BCUT2D eigenvalue weighted by Gasteiger charge is 2.43. The molecule has 1 aromatic rings. The molecule has 1 aromatic carbocycles. The third-order valence-electron chi connectivity index (χ3n) is 5.79. The Balaban J connectivity index is 1.44. The third kappa shape index (κ3) is 3.73. The predicted octanol–water partition coefficient (Wildman–Crippen LogP) is 4.05. The molecule has 3 aliphatic rings. The summed E-state index contributed by atoms with van der Waals surface area (Å²) in [5, 5.41) is 3.04. The number of piperidine rings is 1. The van der Waals surface area contributed by atoms with E-state index in [-0.39, 0.29) is 11.9 Å². The van der Waals surface area contributed by atoms with Crippen molar-refractivity contribution in [1.82, 2.24) is 9.96 Å². The molecule has 0 saturated carbocycles. The molecule has 0 aromatic heterocycles. The Labute approximate surface area is 175 Å². The molecule has 1 amide bonds. The van der Waals surface area contributed by atoms with E-state index >= 15 is 0 Å². The molecule has 2 fully saturated rings. The van der Waals surface area contributed by atoms with Crippen LogP contribution in [0.4, 0.5) is 0 Å². The smallest absolute Gasteiger partial charge is 0.254 e. The minimum Gasteiger partial charge on any atom is -0.405 e. The summed E-state index contributed by atoms with van der Waals surface area (Å²) in [6.07, 6.45) is 1.29. The van der Waals surface area contributed by atoms with Gasteiger partial charge in [0, 0.05) is 31.3 Å². The van der Waals surface area contributed by atoms with Gasteiger partial charge < -0.3 is 19.2 Å². The summed E-state index contributed by atoms with van der Waals surface area (Å²) in [5.74, 6) is 0.485. The second-order valence-corrected chi connectivity index (χ2v) is 8.87. The van der Waals surface area contributed by atoms with E-state index in [1.54, 1.807) is 6.07 Å². The summed E-state index contributed by atoms with van der Waals surface area (Å²) in [6, 6.07) is 3.83. The largest absolute Gasteiger partial charge is 0.405 e. The number of likely N-dealkylation sites (tertiary alicyclic amines) is 1. The van der Waals surface area contributed by atoms with Crippen molar-refractivity contribution in [2.75, 3.05) is 26.2 Å². The highest BCUT2D eigenvalue weighted by atomic mass is 35.5. The van der Waals surface area contributed by atoms with Gasteiger partial charge in [-0.2, -0.15) is 0 Å². The molecule has 0 spiro atoms. The van der Waals surface area contributed by atoms with E-state index < -0.39 is 11.9 Å². The fourth-order valence-electron chi connectivity index (χ4n) is 4.39. The number of nitrogens with zero attached hydrogens (tertiary/aromatic N) is 2. The first-order valence-electron chi connectivity index (χ1n) is 9.83. The standard InChI is InChI=1S/C20H26Cl2N2O4/c1-4-24-18(13-9-14(21)15(22)10-16(13)28-24)12-5-7-23(8-6-12)19(25)17-11-26-20(2,3)27-17/h9-10,12,17-18H,4-8,11H2,1-3H3. The van der Waals surface area contributed by atoms with Gasteiger partial charge in [-0.3, -0.25) is 4.79 Å². The number of fused-ring (bicyclic) bond motifs is 1. The van der Waals surface area contributed by atoms with Crippen molar-refractivity contribution in [1.29, 1.82) is 0 Å². The molecule has 4 rings (SSSR count). The van der Waals surface area contributed by atoms with E-state index in [2.05, 4.69) is 6.92 Å². The predicted molar refractivity (Wildman–Crippen MR) is 106 cm³/mol. The molecule has 3 heterocycles. The molecule has 3 aliphatic heterocycles. The number of hydrogen-bond acceptors (Lipinski definition) is 5.